The molecule has 1 saturated carbocycles. The summed E-state index contributed by atoms with van der Waals surface area (Å²) in [7, 11) is 2.74. The van der Waals surface area contributed by atoms with Crippen molar-refractivity contribution in [3.63, 3.8) is 0 Å². The van der Waals surface area contributed by atoms with Gasteiger partial charge in [0.1, 0.15) is 12.0 Å². The number of hydrogen-bond acceptors (Lipinski definition) is 4. The fraction of sp³-hybridized carbons (Fsp3) is 0.778. The number of methoxy groups -OCH3 is 2. The highest BCUT2D eigenvalue weighted by atomic mass is 16.5. The Balaban J connectivity index is 2.72. The van der Waals surface area contributed by atoms with Crippen LogP contribution in [-0.4, -0.2) is 32.6 Å². The van der Waals surface area contributed by atoms with E-state index in [0.29, 0.717) is 6.42 Å². The fourth-order valence-corrected chi connectivity index (χ4v) is 1.65. The molecule has 4 heteroatoms. The van der Waals surface area contributed by atoms with Crippen LogP contribution in [0.2, 0.25) is 0 Å². The van der Waals surface area contributed by atoms with Gasteiger partial charge in [-0.05, 0) is 12.3 Å². The number of esters is 1. The minimum absolute atomic E-state index is 0.0144. The molecule has 13 heavy (non-hydrogen) atoms. The van der Waals surface area contributed by atoms with E-state index in [1.807, 2.05) is 6.92 Å². The molecule has 4 nitrogen and oxygen atoms in total. The monoisotopic (exact) mass is 186 g/mol. The molecule has 0 aromatic carbocycles. The average Bonchev–Trinajstić information content (AvgIpc) is 2.78. The summed E-state index contributed by atoms with van der Waals surface area (Å²) in [6, 6.07) is 0. The smallest absolute Gasteiger partial charge is 0.319 e. The molecule has 0 aliphatic heterocycles. The van der Waals surface area contributed by atoms with Gasteiger partial charge in [-0.2, -0.15) is 0 Å². The molecule has 0 amide bonds. The lowest BCUT2D eigenvalue weighted by Gasteiger charge is -2.11. The van der Waals surface area contributed by atoms with Crippen molar-refractivity contribution in [3.05, 3.63) is 0 Å². The zero-order valence-corrected chi connectivity index (χ0v) is 8.12. The molecule has 1 aliphatic carbocycles. The number of Topliss-reactive ketones (excluding diaryl/α,β-unsaturated/α-hetero) is 1. The van der Waals surface area contributed by atoms with Gasteiger partial charge in [-0.3, -0.25) is 9.59 Å². The van der Waals surface area contributed by atoms with Gasteiger partial charge in [0.05, 0.1) is 7.11 Å². The summed E-state index contributed by atoms with van der Waals surface area (Å²) in [6.07, 6.45) is 0.585. The minimum Gasteiger partial charge on any atom is -0.468 e. The van der Waals surface area contributed by atoms with Crippen LogP contribution in [0.25, 0.3) is 0 Å². The van der Waals surface area contributed by atoms with E-state index in [1.165, 1.54) is 14.2 Å². The highest BCUT2D eigenvalue weighted by Crippen LogP contribution is 2.53. The predicted octanol–water partition coefficient (Wildman–Crippen LogP) is 0.401. The third kappa shape index (κ3) is 1.46. The molecule has 0 radical (unpaired) electrons. The maximum absolute atomic E-state index is 11.5. The molecule has 0 N–H and O–H groups in total. The number of hydrogen-bond donors (Lipinski definition) is 0. The Morgan fingerprint density at radius 2 is 2.00 bits per heavy atom. The van der Waals surface area contributed by atoms with Crippen molar-refractivity contribution >= 4 is 11.8 Å². The second-order valence-corrected chi connectivity index (χ2v) is 3.42. The van der Waals surface area contributed by atoms with Gasteiger partial charge in [0.25, 0.3) is 0 Å². The third-order valence-electron chi connectivity index (χ3n) is 2.63. The maximum atomic E-state index is 11.5. The van der Waals surface area contributed by atoms with E-state index in [2.05, 4.69) is 4.74 Å². The van der Waals surface area contributed by atoms with Crippen LogP contribution in [0.3, 0.4) is 0 Å². The second kappa shape index (κ2) is 3.46. The number of carbonyl (C=O) groups is 2. The first-order chi connectivity index (χ1) is 6.09. The molecule has 0 saturated heterocycles. The molecule has 1 fully saturated rings. The lowest BCUT2D eigenvalue weighted by molar-refractivity contribution is -0.153. The van der Waals surface area contributed by atoms with Crippen LogP contribution in [0.1, 0.15) is 13.3 Å². The summed E-state index contributed by atoms with van der Waals surface area (Å²) in [5.74, 6) is -0.515. The highest BCUT2D eigenvalue weighted by Gasteiger charge is 2.63. The van der Waals surface area contributed by atoms with Gasteiger partial charge >= 0.3 is 5.97 Å². The lowest BCUT2D eigenvalue weighted by atomic mass is 9.99. The first-order valence-electron chi connectivity index (χ1n) is 4.20. The van der Waals surface area contributed by atoms with E-state index >= 15 is 0 Å². The SMILES string of the molecule is COCC(=O)C1(C(=O)OC)CC1C. The molecule has 0 spiro atoms. The van der Waals surface area contributed by atoms with Crippen molar-refractivity contribution in [3.8, 4) is 0 Å². The van der Waals surface area contributed by atoms with Crippen LogP contribution in [0.5, 0.6) is 0 Å². The van der Waals surface area contributed by atoms with E-state index < -0.39 is 11.4 Å². The van der Waals surface area contributed by atoms with Gasteiger partial charge in [-0.15, -0.1) is 0 Å². The Kier molecular flexibility index (Phi) is 2.71. The number of ketones is 1. The Labute approximate surface area is 77.2 Å². The summed E-state index contributed by atoms with van der Waals surface area (Å²) in [5, 5.41) is 0. The molecule has 2 atom stereocenters. The molecular formula is C9H14O4. The normalized spacial score (nSPS) is 31.2. The lowest BCUT2D eigenvalue weighted by Crippen LogP contribution is -2.31. The third-order valence-corrected chi connectivity index (χ3v) is 2.63. The molecule has 0 bridgehead atoms. The van der Waals surface area contributed by atoms with Crippen LogP contribution in [0.15, 0.2) is 0 Å². The van der Waals surface area contributed by atoms with Gasteiger partial charge in [0, 0.05) is 7.11 Å². The number of rotatable bonds is 4. The van der Waals surface area contributed by atoms with Gasteiger partial charge in [-0.1, -0.05) is 6.92 Å². The van der Waals surface area contributed by atoms with E-state index in [4.69, 9.17) is 4.74 Å². The maximum Gasteiger partial charge on any atom is 0.319 e. The Bertz CT molecular complexity index is 236. The molecule has 1 aliphatic rings. The minimum atomic E-state index is -0.898. The van der Waals surface area contributed by atoms with E-state index in [0.717, 1.165) is 0 Å². The summed E-state index contributed by atoms with van der Waals surface area (Å²) in [5.41, 5.74) is -0.898. The van der Waals surface area contributed by atoms with Crippen molar-refractivity contribution in [1.82, 2.24) is 0 Å². The summed E-state index contributed by atoms with van der Waals surface area (Å²) in [6.45, 7) is 1.85. The molecule has 0 aromatic rings. The molecule has 1 rings (SSSR count). The summed E-state index contributed by atoms with van der Waals surface area (Å²) >= 11 is 0. The van der Waals surface area contributed by atoms with Gasteiger partial charge < -0.3 is 9.47 Å². The van der Waals surface area contributed by atoms with E-state index in [-0.39, 0.29) is 18.3 Å². The van der Waals surface area contributed by atoms with Crippen molar-refractivity contribution in [2.24, 2.45) is 11.3 Å². The second-order valence-electron chi connectivity index (χ2n) is 3.42. The molecule has 0 heterocycles. The Morgan fingerprint density at radius 1 is 1.46 bits per heavy atom. The first kappa shape index (κ1) is 10.2. The molecule has 74 valence electrons. The Morgan fingerprint density at radius 3 is 2.31 bits per heavy atom. The van der Waals surface area contributed by atoms with Crippen molar-refractivity contribution in [1.29, 1.82) is 0 Å². The van der Waals surface area contributed by atoms with Crippen LogP contribution in [0, 0.1) is 11.3 Å². The van der Waals surface area contributed by atoms with Crippen molar-refractivity contribution in [2.75, 3.05) is 20.8 Å². The van der Waals surface area contributed by atoms with Crippen LogP contribution in [0.4, 0.5) is 0 Å². The zero-order valence-electron chi connectivity index (χ0n) is 8.12. The van der Waals surface area contributed by atoms with Gasteiger partial charge in [0.15, 0.2) is 5.78 Å². The number of carbonyl (C=O) groups excluding carboxylic acids is 2. The summed E-state index contributed by atoms with van der Waals surface area (Å²) < 4.78 is 9.32. The average molecular weight is 186 g/mol. The van der Waals surface area contributed by atoms with Crippen LogP contribution < -0.4 is 0 Å². The van der Waals surface area contributed by atoms with Gasteiger partial charge in [-0.25, -0.2) is 0 Å². The topological polar surface area (TPSA) is 52.6 Å². The highest BCUT2D eigenvalue weighted by molar-refractivity contribution is 6.07. The summed E-state index contributed by atoms with van der Waals surface area (Å²) in [4.78, 5) is 22.8. The Hall–Kier alpha value is -0.900. The van der Waals surface area contributed by atoms with E-state index in [1.54, 1.807) is 0 Å². The standard InChI is InChI=1S/C9H14O4/c1-6-4-9(6,8(11)13-3)7(10)5-12-2/h6H,4-5H2,1-3H3. The first-order valence-corrected chi connectivity index (χ1v) is 4.20. The van der Waals surface area contributed by atoms with Gasteiger partial charge in [0.2, 0.25) is 0 Å². The van der Waals surface area contributed by atoms with Crippen molar-refractivity contribution < 1.29 is 19.1 Å². The van der Waals surface area contributed by atoms with Crippen LogP contribution in [-0.2, 0) is 19.1 Å². The van der Waals surface area contributed by atoms with E-state index in [9.17, 15) is 9.59 Å². The van der Waals surface area contributed by atoms with Crippen LogP contribution >= 0.6 is 0 Å². The van der Waals surface area contributed by atoms with Crippen molar-refractivity contribution in [2.45, 2.75) is 13.3 Å². The molecule has 2 unspecified atom stereocenters. The fourth-order valence-electron chi connectivity index (χ4n) is 1.65. The predicted molar refractivity (Wildman–Crippen MR) is 45.1 cm³/mol. The quantitative estimate of drug-likeness (QED) is 0.471. The molecule has 0 aromatic heterocycles. The number of ether oxygens (including phenoxy) is 2. The zero-order chi connectivity index (χ0) is 10.1. The largest absolute Gasteiger partial charge is 0.468 e. The molecular weight excluding hydrogens is 172 g/mol.